The second-order valence-corrected chi connectivity index (χ2v) is 11.5. The molecule has 5 fully saturated rings. The lowest BCUT2D eigenvalue weighted by atomic mass is 9.43. The highest BCUT2D eigenvalue weighted by Gasteiger charge is 2.79. The van der Waals surface area contributed by atoms with Crippen LogP contribution in [0.4, 0.5) is 0 Å². The molecule has 9 atom stereocenters. The summed E-state index contributed by atoms with van der Waals surface area (Å²) in [7, 11) is 0. The quantitative estimate of drug-likeness (QED) is 0.594. The summed E-state index contributed by atoms with van der Waals surface area (Å²) in [5, 5.41) is 0. The number of allylic oxidation sites excluding steroid dienone is 1. The minimum absolute atomic E-state index is 0.0494. The molecule has 3 heteroatoms. The molecule has 6 rings (SSSR count). The minimum atomic E-state index is -0.151. The summed E-state index contributed by atoms with van der Waals surface area (Å²) in [5.41, 5.74) is 1.71. The number of carbonyl (C=O) groups is 2. The Morgan fingerprint density at radius 1 is 1.11 bits per heavy atom. The third kappa shape index (κ3) is 1.88. The van der Waals surface area contributed by atoms with Gasteiger partial charge in [0.05, 0.1) is 0 Å². The Labute approximate surface area is 168 Å². The number of esters is 1. The highest BCUT2D eigenvalue weighted by Crippen LogP contribution is 2.79. The van der Waals surface area contributed by atoms with Crippen LogP contribution in [0.1, 0.15) is 78.6 Å². The maximum atomic E-state index is 12.2. The van der Waals surface area contributed by atoms with Crippen LogP contribution in [0, 0.1) is 46.3 Å². The van der Waals surface area contributed by atoms with E-state index in [0.29, 0.717) is 35.9 Å². The van der Waals surface area contributed by atoms with Crippen LogP contribution in [0.25, 0.3) is 0 Å². The Kier molecular flexibility index (Phi) is 3.37. The molecule has 0 aromatic heterocycles. The monoisotopic (exact) mass is 382 g/mol. The minimum Gasteiger partial charge on any atom is -0.458 e. The van der Waals surface area contributed by atoms with Gasteiger partial charge < -0.3 is 4.74 Å². The van der Waals surface area contributed by atoms with Crippen molar-refractivity contribution in [1.29, 1.82) is 0 Å². The predicted molar refractivity (Wildman–Crippen MR) is 106 cm³/mol. The van der Waals surface area contributed by atoms with Crippen molar-refractivity contribution in [1.82, 2.24) is 0 Å². The van der Waals surface area contributed by atoms with Crippen LogP contribution in [0.5, 0.6) is 0 Å². The Morgan fingerprint density at radius 3 is 2.64 bits per heavy atom. The normalized spacial score (nSPS) is 56.5. The first-order valence-electron chi connectivity index (χ1n) is 11.8. The Bertz CT molecular complexity index is 798. The van der Waals surface area contributed by atoms with Gasteiger partial charge >= 0.3 is 5.97 Å². The second kappa shape index (κ2) is 5.32. The molecule has 28 heavy (non-hydrogen) atoms. The molecule has 1 heterocycles. The van der Waals surface area contributed by atoms with Gasteiger partial charge in [-0.15, -0.1) is 0 Å². The third-order valence-corrected chi connectivity index (χ3v) is 10.8. The molecular formula is C25H34O3. The Hall–Kier alpha value is -1.12. The lowest BCUT2D eigenvalue weighted by Crippen LogP contribution is -2.58. The summed E-state index contributed by atoms with van der Waals surface area (Å²) in [5.74, 6) is 4.65. The van der Waals surface area contributed by atoms with E-state index in [1.165, 1.54) is 31.3 Å². The van der Waals surface area contributed by atoms with Crippen molar-refractivity contribution in [2.75, 3.05) is 0 Å². The molecule has 0 bridgehead atoms. The first kappa shape index (κ1) is 17.7. The largest absolute Gasteiger partial charge is 0.458 e. The molecule has 152 valence electrons. The lowest BCUT2D eigenvalue weighted by Gasteiger charge is -2.62. The number of hydrogen-bond donors (Lipinski definition) is 0. The van der Waals surface area contributed by atoms with Gasteiger partial charge in [0.15, 0.2) is 5.78 Å². The first-order chi connectivity index (χ1) is 13.3. The fraction of sp³-hybridized carbons (Fsp3) is 0.840. The predicted octanol–water partition coefficient (Wildman–Crippen LogP) is 5.09. The summed E-state index contributed by atoms with van der Waals surface area (Å²) in [6.07, 6.45) is 11.5. The van der Waals surface area contributed by atoms with Gasteiger partial charge in [0.2, 0.25) is 0 Å². The van der Waals surface area contributed by atoms with Crippen LogP contribution < -0.4 is 0 Å². The molecule has 1 spiro atoms. The molecule has 0 aromatic carbocycles. The summed E-state index contributed by atoms with van der Waals surface area (Å²) in [4.78, 5) is 24.4. The van der Waals surface area contributed by atoms with Crippen LogP contribution in [0.15, 0.2) is 11.6 Å². The average molecular weight is 383 g/mol. The summed E-state index contributed by atoms with van der Waals surface area (Å²) < 4.78 is 6.24. The average Bonchev–Trinajstić information content (AvgIpc) is 3.30. The molecule has 1 saturated heterocycles. The molecule has 1 aliphatic heterocycles. The van der Waals surface area contributed by atoms with Crippen LogP contribution in [-0.2, 0) is 14.3 Å². The Balaban J connectivity index is 1.44. The number of carbonyl (C=O) groups excluding carboxylic acids is 2. The van der Waals surface area contributed by atoms with Gasteiger partial charge in [-0.2, -0.15) is 0 Å². The van der Waals surface area contributed by atoms with Crippen LogP contribution >= 0.6 is 0 Å². The van der Waals surface area contributed by atoms with E-state index < -0.39 is 0 Å². The van der Waals surface area contributed by atoms with Gasteiger partial charge in [0, 0.05) is 24.2 Å². The fourth-order valence-electron chi connectivity index (χ4n) is 9.46. The zero-order valence-corrected chi connectivity index (χ0v) is 17.6. The SMILES string of the molecule is CC[C@H]1CC2=CC(=O)CC[C@]2(C)C2CC[C@@]3(C)C(C21)[C@@H]1C[C@@H]1[C@@]31CCC(=O)O1. The number of rotatable bonds is 1. The highest BCUT2D eigenvalue weighted by atomic mass is 16.6. The third-order valence-electron chi connectivity index (χ3n) is 10.8. The van der Waals surface area contributed by atoms with Crippen LogP contribution in [-0.4, -0.2) is 17.4 Å². The standard InChI is InChI=1S/C25H34O3/c1-4-14-11-15-12-16(26)5-8-23(15,2)18-6-9-24(3)22(21(14)18)17-13-19(17)25(24)10-7-20(27)28-25/h12,14,17-19,21-22H,4-11,13H2,1-3H3/t14-,17+,18?,19-,21?,22?,23-,24-,25-/m0/s1. The van der Waals surface area contributed by atoms with E-state index in [1.54, 1.807) is 0 Å². The van der Waals surface area contributed by atoms with Crippen molar-refractivity contribution in [3.05, 3.63) is 11.6 Å². The highest BCUT2D eigenvalue weighted by molar-refractivity contribution is 5.91. The van der Waals surface area contributed by atoms with Crippen LogP contribution in [0.2, 0.25) is 0 Å². The molecule has 5 aliphatic carbocycles. The number of hydrogen-bond acceptors (Lipinski definition) is 3. The fourth-order valence-corrected chi connectivity index (χ4v) is 9.46. The van der Waals surface area contributed by atoms with Crippen molar-refractivity contribution < 1.29 is 14.3 Å². The van der Waals surface area contributed by atoms with Gasteiger partial charge in [-0.3, -0.25) is 9.59 Å². The van der Waals surface area contributed by atoms with E-state index in [2.05, 4.69) is 20.8 Å². The molecule has 4 saturated carbocycles. The Morgan fingerprint density at radius 2 is 1.93 bits per heavy atom. The number of fused-ring (bicyclic) bond motifs is 9. The molecule has 0 aromatic rings. The summed E-state index contributed by atoms with van der Waals surface area (Å²) >= 11 is 0. The van der Waals surface area contributed by atoms with Gasteiger partial charge in [0.1, 0.15) is 5.60 Å². The molecule has 0 N–H and O–H groups in total. The van der Waals surface area contributed by atoms with Crippen molar-refractivity contribution in [2.45, 2.75) is 84.2 Å². The van der Waals surface area contributed by atoms with E-state index in [0.717, 1.165) is 37.5 Å². The molecule has 3 nitrogen and oxygen atoms in total. The number of ketones is 1. The van der Waals surface area contributed by atoms with Gasteiger partial charge in [0.25, 0.3) is 0 Å². The van der Waals surface area contributed by atoms with E-state index in [9.17, 15) is 9.59 Å². The maximum absolute atomic E-state index is 12.2. The topological polar surface area (TPSA) is 43.4 Å². The van der Waals surface area contributed by atoms with E-state index >= 15 is 0 Å². The zero-order valence-electron chi connectivity index (χ0n) is 17.6. The van der Waals surface area contributed by atoms with Crippen molar-refractivity contribution in [2.24, 2.45) is 46.3 Å². The van der Waals surface area contributed by atoms with Gasteiger partial charge in [-0.1, -0.05) is 32.8 Å². The van der Waals surface area contributed by atoms with E-state index in [4.69, 9.17) is 4.74 Å². The van der Waals surface area contributed by atoms with Gasteiger partial charge in [-0.05, 0) is 79.6 Å². The molecule has 0 amide bonds. The molecule has 3 unspecified atom stereocenters. The van der Waals surface area contributed by atoms with Crippen molar-refractivity contribution in [3.8, 4) is 0 Å². The van der Waals surface area contributed by atoms with Crippen molar-refractivity contribution in [3.63, 3.8) is 0 Å². The van der Waals surface area contributed by atoms with Gasteiger partial charge in [-0.25, -0.2) is 0 Å². The second-order valence-electron chi connectivity index (χ2n) is 11.5. The van der Waals surface area contributed by atoms with Crippen LogP contribution in [0.3, 0.4) is 0 Å². The van der Waals surface area contributed by atoms with Crippen molar-refractivity contribution >= 4 is 11.8 Å². The lowest BCUT2D eigenvalue weighted by molar-refractivity contribution is -0.180. The first-order valence-corrected chi connectivity index (χ1v) is 11.8. The van der Waals surface area contributed by atoms with E-state index in [1.807, 2.05) is 6.08 Å². The van der Waals surface area contributed by atoms with E-state index in [-0.39, 0.29) is 22.4 Å². The summed E-state index contributed by atoms with van der Waals surface area (Å²) in [6, 6.07) is 0. The smallest absolute Gasteiger partial charge is 0.306 e. The summed E-state index contributed by atoms with van der Waals surface area (Å²) in [6.45, 7) is 7.32. The maximum Gasteiger partial charge on any atom is 0.306 e. The molecule has 6 aliphatic rings. The number of ether oxygens (including phenoxy) is 1. The molecular weight excluding hydrogens is 348 g/mol. The zero-order chi connectivity index (χ0) is 19.5. The molecule has 0 radical (unpaired) electrons.